The first kappa shape index (κ1) is 12.4. The summed E-state index contributed by atoms with van der Waals surface area (Å²) in [5.74, 6) is 0.457. The van der Waals surface area contributed by atoms with Gasteiger partial charge in [0.2, 0.25) is 0 Å². The van der Waals surface area contributed by atoms with Crippen molar-refractivity contribution in [3.8, 4) is 6.07 Å². The third-order valence-corrected chi connectivity index (χ3v) is 2.31. The average molecular weight is 219 g/mol. The van der Waals surface area contributed by atoms with E-state index < -0.39 is 0 Å². The SMILES string of the molecule is CCN(Cc1cnc(N)cn1)CC(C)C#N. The van der Waals surface area contributed by atoms with Crippen LogP contribution in [0.5, 0.6) is 0 Å². The monoisotopic (exact) mass is 219 g/mol. The summed E-state index contributed by atoms with van der Waals surface area (Å²) in [6.45, 7) is 6.32. The Morgan fingerprint density at radius 1 is 1.50 bits per heavy atom. The number of hydrogen-bond acceptors (Lipinski definition) is 5. The first-order valence-electron chi connectivity index (χ1n) is 5.34. The van der Waals surface area contributed by atoms with Gasteiger partial charge in [0.25, 0.3) is 0 Å². The quantitative estimate of drug-likeness (QED) is 0.800. The fraction of sp³-hybridized carbons (Fsp3) is 0.545. The molecule has 0 spiro atoms. The maximum atomic E-state index is 8.76. The maximum absolute atomic E-state index is 8.76. The number of hydrogen-bond donors (Lipinski definition) is 1. The number of nitriles is 1. The van der Waals surface area contributed by atoms with Gasteiger partial charge in [-0.3, -0.25) is 9.88 Å². The minimum absolute atomic E-state index is 0.0293. The molecule has 0 amide bonds. The Bertz CT molecular complexity index is 354. The zero-order valence-electron chi connectivity index (χ0n) is 9.72. The third kappa shape index (κ3) is 3.83. The number of nitrogens with two attached hydrogens (primary N) is 1. The normalized spacial score (nSPS) is 12.4. The zero-order valence-corrected chi connectivity index (χ0v) is 9.72. The second kappa shape index (κ2) is 6.03. The van der Waals surface area contributed by atoms with E-state index in [9.17, 15) is 0 Å². The molecule has 0 saturated heterocycles. The first-order chi connectivity index (χ1) is 7.65. The number of nitrogen functional groups attached to an aromatic ring is 1. The molecule has 0 aromatic carbocycles. The van der Waals surface area contributed by atoms with Crippen LogP contribution in [0.1, 0.15) is 19.5 Å². The average Bonchev–Trinajstić information content (AvgIpc) is 2.30. The summed E-state index contributed by atoms with van der Waals surface area (Å²) < 4.78 is 0. The molecule has 0 aliphatic rings. The maximum Gasteiger partial charge on any atom is 0.141 e. The van der Waals surface area contributed by atoms with Crippen LogP contribution in [0.4, 0.5) is 5.82 Å². The molecule has 5 heteroatoms. The molecule has 1 aromatic rings. The van der Waals surface area contributed by atoms with Gasteiger partial charge >= 0.3 is 0 Å². The van der Waals surface area contributed by atoms with Crippen molar-refractivity contribution in [1.82, 2.24) is 14.9 Å². The molecule has 1 heterocycles. The predicted octanol–water partition coefficient (Wildman–Crippen LogP) is 1.04. The Kier molecular flexibility index (Phi) is 4.67. The second-order valence-electron chi connectivity index (χ2n) is 3.79. The lowest BCUT2D eigenvalue weighted by Gasteiger charge is -2.20. The standard InChI is InChI=1S/C11H17N5/c1-3-16(7-9(2)4-12)8-10-5-15-11(13)6-14-10/h5-6,9H,3,7-8H2,1-2H3,(H2,13,15). The van der Waals surface area contributed by atoms with Crippen LogP contribution in [0.2, 0.25) is 0 Å². The van der Waals surface area contributed by atoms with E-state index in [0.29, 0.717) is 12.4 Å². The van der Waals surface area contributed by atoms with E-state index >= 15 is 0 Å². The molecule has 1 aromatic heterocycles. The number of aromatic nitrogens is 2. The number of anilines is 1. The summed E-state index contributed by atoms with van der Waals surface area (Å²) in [7, 11) is 0. The van der Waals surface area contributed by atoms with E-state index in [4.69, 9.17) is 11.0 Å². The van der Waals surface area contributed by atoms with Crippen molar-refractivity contribution >= 4 is 5.82 Å². The minimum Gasteiger partial charge on any atom is -0.382 e. The molecule has 5 nitrogen and oxygen atoms in total. The Morgan fingerprint density at radius 3 is 2.75 bits per heavy atom. The highest BCUT2D eigenvalue weighted by Gasteiger charge is 2.09. The van der Waals surface area contributed by atoms with Crippen molar-refractivity contribution in [3.63, 3.8) is 0 Å². The van der Waals surface area contributed by atoms with Crippen molar-refractivity contribution < 1.29 is 0 Å². The van der Waals surface area contributed by atoms with Crippen LogP contribution < -0.4 is 5.73 Å². The predicted molar refractivity (Wildman–Crippen MR) is 62.2 cm³/mol. The van der Waals surface area contributed by atoms with Gasteiger partial charge in [0.15, 0.2) is 0 Å². The summed E-state index contributed by atoms with van der Waals surface area (Å²) >= 11 is 0. The summed E-state index contributed by atoms with van der Waals surface area (Å²) in [6, 6.07) is 2.23. The topological polar surface area (TPSA) is 78.8 Å². The molecule has 2 N–H and O–H groups in total. The van der Waals surface area contributed by atoms with E-state index in [1.54, 1.807) is 12.4 Å². The highest BCUT2D eigenvalue weighted by atomic mass is 15.1. The van der Waals surface area contributed by atoms with E-state index in [2.05, 4.69) is 27.9 Å². The van der Waals surface area contributed by atoms with Gasteiger partial charge in [0.05, 0.1) is 30.1 Å². The van der Waals surface area contributed by atoms with Crippen LogP contribution >= 0.6 is 0 Å². The largest absolute Gasteiger partial charge is 0.382 e. The van der Waals surface area contributed by atoms with Crippen LogP contribution in [-0.2, 0) is 6.54 Å². The van der Waals surface area contributed by atoms with Gasteiger partial charge in [0.1, 0.15) is 5.82 Å². The van der Waals surface area contributed by atoms with E-state index in [-0.39, 0.29) is 5.92 Å². The molecule has 0 bridgehead atoms. The van der Waals surface area contributed by atoms with Crippen molar-refractivity contribution in [2.24, 2.45) is 5.92 Å². The summed E-state index contributed by atoms with van der Waals surface area (Å²) in [5, 5.41) is 8.76. The summed E-state index contributed by atoms with van der Waals surface area (Å²) in [5.41, 5.74) is 6.34. The third-order valence-electron chi connectivity index (χ3n) is 2.31. The smallest absolute Gasteiger partial charge is 0.141 e. The highest BCUT2D eigenvalue weighted by molar-refractivity contribution is 5.22. The van der Waals surface area contributed by atoms with Gasteiger partial charge in [-0.05, 0) is 13.5 Å². The molecule has 0 aliphatic carbocycles. The minimum atomic E-state index is 0.0293. The van der Waals surface area contributed by atoms with Gasteiger partial charge in [0, 0.05) is 13.1 Å². The molecule has 16 heavy (non-hydrogen) atoms. The Balaban J connectivity index is 2.56. The zero-order chi connectivity index (χ0) is 12.0. The van der Waals surface area contributed by atoms with Gasteiger partial charge in [-0.1, -0.05) is 6.92 Å². The van der Waals surface area contributed by atoms with Crippen molar-refractivity contribution in [1.29, 1.82) is 5.26 Å². The molecule has 0 aliphatic heterocycles. The molecular formula is C11H17N5. The lowest BCUT2D eigenvalue weighted by atomic mass is 10.2. The van der Waals surface area contributed by atoms with Crippen molar-refractivity contribution in [2.45, 2.75) is 20.4 Å². The molecular weight excluding hydrogens is 202 g/mol. The fourth-order valence-electron chi connectivity index (χ4n) is 1.41. The van der Waals surface area contributed by atoms with E-state index in [1.807, 2.05) is 6.92 Å². The van der Waals surface area contributed by atoms with Gasteiger partial charge in [-0.15, -0.1) is 0 Å². The highest BCUT2D eigenvalue weighted by Crippen LogP contribution is 2.04. The van der Waals surface area contributed by atoms with Crippen LogP contribution in [0.3, 0.4) is 0 Å². The lowest BCUT2D eigenvalue weighted by molar-refractivity contribution is 0.257. The Hall–Kier alpha value is -1.67. The lowest BCUT2D eigenvalue weighted by Crippen LogP contribution is -2.28. The van der Waals surface area contributed by atoms with Crippen LogP contribution in [0.25, 0.3) is 0 Å². The number of nitrogens with zero attached hydrogens (tertiary/aromatic N) is 4. The van der Waals surface area contributed by atoms with Crippen LogP contribution in [0.15, 0.2) is 12.4 Å². The Labute approximate surface area is 95.9 Å². The van der Waals surface area contributed by atoms with Gasteiger partial charge in [-0.2, -0.15) is 5.26 Å². The van der Waals surface area contributed by atoms with Crippen LogP contribution in [0, 0.1) is 17.2 Å². The van der Waals surface area contributed by atoms with Crippen LogP contribution in [-0.4, -0.2) is 28.0 Å². The molecule has 0 saturated carbocycles. The van der Waals surface area contributed by atoms with E-state index in [1.165, 1.54) is 0 Å². The fourth-order valence-corrected chi connectivity index (χ4v) is 1.41. The summed E-state index contributed by atoms with van der Waals surface area (Å²) in [4.78, 5) is 10.3. The molecule has 0 fully saturated rings. The van der Waals surface area contributed by atoms with Gasteiger partial charge < -0.3 is 5.73 Å². The first-order valence-corrected chi connectivity index (χ1v) is 5.34. The van der Waals surface area contributed by atoms with Gasteiger partial charge in [-0.25, -0.2) is 4.98 Å². The van der Waals surface area contributed by atoms with E-state index in [0.717, 1.165) is 18.8 Å². The summed E-state index contributed by atoms with van der Waals surface area (Å²) in [6.07, 6.45) is 3.23. The molecule has 86 valence electrons. The molecule has 1 rings (SSSR count). The molecule has 0 radical (unpaired) electrons. The second-order valence-corrected chi connectivity index (χ2v) is 3.79. The van der Waals surface area contributed by atoms with Crippen molar-refractivity contribution in [3.05, 3.63) is 18.1 Å². The van der Waals surface area contributed by atoms with Crippen molar-refractivity contribution in [2.75, 3.05) is 18.8 Å². The molecule has 1 atom stereocenters. The number of rotatable bonds is 5. The Morgan fingerprint density at radius 2 is 2.25 bits per heavy atom. The molecule has 1 unspecified atom stereocenters.